The molecule has 22 atom stereocenters. The lowest BCUT2D eigenvalue weighted by Gasteiger charge is -2.66. The molecule has 0 amide bonds. The van der Waals surface area contributed by atoms with E-state index in [0.29, 0.717) is 0 Å². The van der Waals surface area contributed by atoms with Crippen molar-refractivity contribution in [2.24, 2.45) is 130 Å². The topological polar surface area (TPSA) is 6.48 Å². The van der Waals surface area contributed by atoms with Crippen LogP contribution in [0.1, 0.15) is 308 Å². The quantitative estimate of drug-likeness (QED) is 0.235. The van der Waals surface area contributed by atoms with Crippen molar-refractivity contribution in [1.82, 2.24) is 9.80 Å². The van der Waals surface area contributed by atoms with E-state index in [1.807, 2.05) is 0 Å². The molecular weight excluding hydrogens is 989 g/mol. The van der Waals surface area contributed by atoms with E-state index in [9.17, 15) is 0 Å². The van der Waals surface area contributed by atoms with E-state index < -0.39 is 0 Å². The molecule has 458 valence electrons. The third-order valence-electron chi connectivity index (χ3n) is 31.8. The highest BCUT2D eigenvalue weighted by Gasteiger charge is 2.63. The van der Waals surface area contributed by atoms with Crippen LogP contribution in [0.5, 0.6) is 0 Å². The lowest BCUT2D eigenvalue weighted by atomic mass is 9.39. The zero-order valence-electron chi connectivity index (χ0n) is 53.3. The van der Waals surface area contributed by atoms with Crippen molar-refractivity contribution in [1.29, 1.82) is 0 Å². The van der Waals surface area contributed by atoms with Gasteiger partial charge in [-0.25, -0.2) is 0 Å². The monoisotopic (exact) mass is 1120 g/mol. The van der Waals surface area contributed by atoms with Crippen LogP contribution in [-0.4, -0.2) is 46.1 Å². The zero-order valence-corrected chi connectivity index (χ0v) is 53.3. The van der Waals surface area contributed by atoms with Gasteiger partial charge in [-0.1, -0.05) is 191 Å². The summed E-state index contributed by atoms with van der Waals surface area (Å²) in [6, 6.07) is 5.18. The Bertz CT molecular complexity index is 1880. The fraction of sp³-hybridized carbons (Fsp3) is 0.950. The second-order valence-corrected chi connectivity index (χ2v) is 35.0. The molecule has 82 heavy (non-hydrogen) atoms. The van der Waals surface area contributed by atoms with Gasteiger partial charge in [-0.3, -0.25) is 9.80 Å². The lowest BCUT2D eigenvalue weighted by Crippen LogP contribution is -2.61. The Kier molecular flexibility index (Phi) is 17.5. The van der Waals surface area contributed by atoms with Gasteiger partial charge in [0.15, 0.2) is 0 Å². The molecule has 14 fully saturated rings. The van der Waals surface area contributed by atoms with E-state index in [1.54, 1.807) is 193 Å². The highest BCUT2D eigenvalue weighted by Crippen LogP contribution is 2.69. The third kappa shape index (κ3) is 10.7. The van der Waals surface area contributed by atoms with Gasteiger partial charge in [0, 0.05) is 36.3 Å². The molecule has 0 saturated heterocycles. The van der Waals surface area contributed by atoms with Crippen molar-refractivity contribution in [2.45, 2.75) is 344 Å². The van der Waals surface area contributed by atoms with Gasteiger partial charge in [0.05, 0.1) is 0 Å². The second-order valence-electron chi connectivity index (χ2n) is 35.0. The van der Waals surface area contributed by atoms with Gasteiger partial charge >= 0.3 is 0 Å². The summed E-state index contributed by atoms with van der Waals surface area (Å²) in [5.41, 5.74) is 0. The van der Waals surface area contributed by atoms with Gasteiger partial charge < -0.3 is 0 Å². The summed E-state index contributed by atoms with van der Waals surface area (Å²) in [5, 5.41) is 0. The molecule has 16 aliphatic rings. The summed E-state index contributed by atoms with van der Waals surface area (Å²) in [7, 11) is 0. The molecule has 0 aromatic heterocycles. The van der Waals surface area contributed by atoms with E-state index in [0.717, 1.165) is 166 Å². The summed E-state index contributed by atoms with van der Waals surface area (Å²) >= 11 is 0. The summed E-state index contributed by atoms with van der Waals surface area (Å²) in [4.78, 5) is 7.00. The first-order valence-electron chi connectivity index (χ1n) is 39.6. The van der Waals surface area contributed by atoms with E-state index in [-0.39, 0.29) is 0 Å². The molecule has 22 unspecified atom stereocenters. The van der Waals surface area contributed by atoms with Gasteiger partial charge in [0.1, 0.15) is 0 Å². The van der Waals surface area contributed by atoms with E-state index in [2.05, 4.69) is 34.1 Å². The van der Waals surface area contributed by atoms with Gasteiger partial charge in [0.25, 0.3) is 0 Å². The first-order chi connectivity index (χ1) is 40.7. The Balaban J connectivity index is 0.736. The average Bonchev–Trinajstić information content (AvgIpc) is 3.90. The molecule has 0 aromatic rings. The van der Waals surface area contributed by atoms with E-state index >= 15 is 0 Å². The minimum Gasteiger partial charge on any atom is -0.293 e. The maximum Gasteiger partial charge on any atom is 0.0164 e. The van der Waals surface area contributed by atoms with E-state index in [1.165, 1.54) is 116 Å². The minimum atomic E-state index is 0.847. The number of nitrogens with zero attached hydrogens (tertiary/aromatic N) is 2. The van der Waals surface area contributed by atoms with Crippen LogP contribution in [0.25, 0.3) is 0 Å². The predicted molar refractivity (Wildman–Crippen MR) is 343 cm³/mol. The van der Waals surface area contributed by atoms with Crippen LogP contribution >= 0.6 is 0 Å². The first kappa shape index (κ1) is 56.6. The lowest BCUT2D eigenvalue weighted by molar-refractivity contribution is -0.179. The summed E-state index contributed by atoms with van der Waals surface area (Å²) in [6.45, 7) is 0. The van der Waals surface area contributed by atoms with Crippen LogP contribution in [0.4, 0.5) is 0 Å². The van der Waals surface area contributed by atoms with Crippen molar-refractivity contribution in [3.63, 3.8) is 0 Å². The maximum absolute atomic E-state index is 3.50. The van der Waals surface area contributed by atoms with Gasteiger partial charge in [-0.05, 0) is 271 Å². The van der Waals surface area contributed by atoms with Crippen LogP contribution < -0.4 is 0 Å². The highest BCUT2D eigenvalue weighted by atomic mass is 15.2. The van der Waals surface area contributed by atoms with Crippen LogP contribution in [0.15, 0.2) is 24.3 Å². The standard InChI is InChI=1S/C80H128N2/c1-3-23-53(24-4-1)59-47-61(51-63(49-59)81-73-39-19-7-27-55(73)43-44-56-28-8-20-40-74(56)81)77-65-31-11-15-35-69(65)79(70-36-16-12-32-66(70)77)80-71-37-17-13-33-67(71)78(68-34-14-18-38-72(68)80)62-48-60(54-25-5-2-6-26-54)50-64(52-62)82-75-41-21-9-29-57(75)45-46-58-30-10-22-42-76(58)82/h43-46,53-80H,1-42,47-52H2. The van der Waals surface area contributed by atoms with Crippen LogP contribution in [0.3, 0.4) is 0 Å². The molecule has 0 spiro atoms. The molecule has 0 bridgehead atoms. The van der Waals surface area contributed by atoms with Crippen molar-refractivity contribution in [2.75, 3.05) is 0 Å². The molecule has 0 N–H and O–H groups in total. The SMILES string of the molecule is C1=CC2CCCCC2N(C2CC(C3CCCCC3)CC(C3C4CCCCC4C(C4C5CCCCC5C(C5CC(C6CCCCC6)CC(N6C7CCCCC7C=CC7CCCCC76)C5)C5CCCCC54)C4CCCCC43)C2)C2CCCCC12. The Morgan fingerprint density at radius 1 is 0.183 bits per heavy atom. The fourth-order valence-electron chi connectivity index (χ4n) is 29.3. The smallest absolute Gasteiger partial charge is 0.0164 e. The first-order valence-corrected chi connectivity index (χ1v) is 39.6. The molecule has 0 radical (unpaired) electrons. The normalized spacial score (nSPS) is 51.7. The Morgan fingerprint density at radius 3 is 0.707 bits per heavy atom. The van der Waals surface area contributed by atoms with Crippen LogP contribution in [0, 0.1) is 130 Å². The zero-order chi connectivity index (χ0) is 54.1. The molecule has 16 rings (SSSR count). The number of hydrogen-bond acceptors (Lipinski definition) is 2. The van der Waals surface area contributed by atoms with Crippen molar-refractivity contribution in [3.05, 3.63) is 24.3 Å². The molecule has 0 aromatic carbocycles. The number of hydrogen-bond donors (Lipinski definition) is 0. The van der Waals surface area contributed by atoms with Crippen LogP contribution in [0.2, 0.25) is 0 Å². The third-order valence-corrected chi connectivity index (χ3v) is 31.8. The van der Waals surface area contributed by atoms with Gasteiger partial charge in [-0.15, -0.1) is 0 Å². The summed E-state index contributed by atoms with van der Waals surface area (Å²) in [5.74, 6) is 22.4. The van der Waals surface area contributed by atoms with Crippen molar-refractivity contribution in [3.8, 4) is 0 Å². The number of fused-ring (bicyclic) bond motifs is 8. The molecule has 2 aliphatic heterocycles. The molecular formula is C80H128N2. The summed E-state index contributed by atoms with van der Waals surface area (Å²) < 4.78 is 0. The fourth-order valence-corrected chi connectivity index (χ4v) is 29.3. The maximum atomic E-state index is 3.50. The number of rotatable bonds is 7. The molecule has 14 saturated carbocycles. The van der Waals surface area contributed by atoms with Crippen LogP contribution in [-0.2, 0) is 0 Å². The van der Waals surface area contributed by atoms with Crippen molar-refractivity contribution >= 4 is 0 Å². The van der Waals surface area contributed by atoms with Gasteiger partial charge in [-0.2, -0.15) is 0 Å². The molecule has 2 heterocycles. The minimum absolute atomic E-state index is 0.847. The van der Waals surface area contributed by atoms with Gasteiger partial charge in [0.2, 0.25) is 0 Å². The Labute approximate surface area is 506 Å². The predicted octanol–water partition coefficient (Wildman–Crippen LogP) is 21.4. The van der Waals surface area contributed by atoms with E-state index in [4.69, 9.17) is 0 Å². The highest BCUT2D eigenvalue weighted by molar-refractivity contribution is 5.16. The Hall–Kier alpha value is -0.600. The molecule has 14 aliphatic carbocycles. The molecule has 2 heteroatoms. The van der Waals surface area contributed by atoms with Crippen molar-refractivity contribution < 1.29 is 0 Å². The average molecular weight is 1120 g/mol. The second kappa shape index (κ2) is 25.4. The molecule has 2 nitrogen and oxygen atoms in total. The summed E-state index contributed by atoms with van der Waals surface area (Å²) in [6.07, 6.45) is 86.7. The Morgan fingerprint density at radius 2 is 0.415 bits per heavy atom. The largest absolute Gasteiger partial charge is 0.293 e.